The summed E-state index contributed by atoms with van der Waals surface area (Å²) in [6, 6.07) is 15.7. The van der Waals surface area contributed by atoms with Crippen molar-refractivity contribution in [2.24, 2.45) is 0 Å². The Morgan fingerprint density at radius 3 is 2.16 bits per heavy atom. The van der Waals surface area contributed by atoms with Gasteiger partial charge in [0.05, 0.1) is 18.3 Å². The zero-order chi connectivity index (χ0) is 18.1. The Morgan fingerprint density at radius 2 is 1.56 bits per heavy atom. The summed E-state index contributed by atoms with van der Waals surface area (Å²) in [6.07, 6.45) is 0. The van der Waals surface area contributed by atoms with Crippen LogP contribution in [0.3, 0.4) is 0 Å². The van der Waals surface area contributed by atoms with E-state index in [1.54, 1.807) is 7.11 Å². The first-order valence-electron chi connectivity index (χ1n) is 8.53. The second-order valence-electron chi connectivity index (χ2n) is 7.26. The second kappa shape index (κ2) is 6.73. The molecule has 132 valence electrons. The molecule has 25 heavy (non-hydrogen) atoms. The van der Waals surface area contributed by atoms with Crippen molar-refractivity contribution in [1.82, 2.24) is 0 Å². The molecule has 5 heteroatoms. The van der Waals surface area contributed by atoms with E-state index in [0.29, 0.717) is 6.61 Å². The zero-order valence-corrected chi connectivity index (χ0v) is 15.5. The normalized spacial score (nSPS) is 18.2. The Balaban J connectivity index is 1.81. The Bertz CT molecular complexity index is 712. The zero-order valence-electron chi connectivity index (χ0n) is 15.5. The lowest BCUT2D eigenvalue weighted by Crippen LogP contribution is -2.41. The molecule has 0 atom stereocenters. The fourth-order valence-electron chi connectivity index (χ4n) is 2.71. The van der Waals surface area contributed by atoms with Gasteiger partial charge in [0.1, 0.15) is 18.1 Å². The quantitative estimate of drug-likeness (QED) is 0.780. The van der Waals surface area contributed by atoms with E-state index in [9.17, 15) is 0 Å². The van der Waals surface area contributed by atoms with Gasteiger partial charge in [0, 0.05) is 5.56 Å². The average Bonchev–Trinajstić information content (AvgIpc) is 2.81. The van der Waals surface area contributed by atoms with Gasteiger partial charge in [-0.1, -0.05) is 30.3 Å². The van der Waals surface area contributed by atoms with Gasteiger partial charge in [0.25, 0.3) is 0 Å². The van der Waals surface area contributed by atoms with Crippen LogP contribution >= 0.6 is 0 Å². The molecule has 0 bridgehead atoms. The van der Waals surface area contributed by atoms with Crippen LogP contribution in [0.4, 0.5) is 0 Å². The van der Waals surface area contributed by atoms with Gasteiger partial charge >= 0.3 is 7.12 Å². The van der Waals surface area contributed by atoms with Crippen molar-refractivity contribution in [2.75, 3.05) is 7.11 Å². The summed E-state index contributed by atoms with van der Waals surface area (Å²) in [4.78, 5) is 0. The average molecular weight is 340 g/mol. The molecule has 2 aromatic rings. The monoisotopic (exact) mass is 340 g/mol. The Hall–Kier alpha value is -1.98. The number of methoxy groups -OCH3 is 1. The molecule has 4 nitrogen and oxygen atoms in total. The van der Waals surface area contributed by atoms with Gasteiger partial charge < -0.3 is 18.8 Å². The minimum atomic E-state index is -0.397. The molecule has 0 aromatic heterocycles. The number of rotatable bonds is 5. The highest BCUT2D eigenvalue weighted by molar-refractivity contribution is 6.62. The first-order valence-corrected chi connectivity index (χ1v) is 8.53. The number of para-hydroxylation sites is 1. The number of ether oxygens (including phenoxy) is 2. The van der Waals surface area contributed by atoms with Crippen molar-refractivity contribution < 1.29 is 18.8 Å². The molecule has 0 amide bonds. The molecule has 1 aliphatic rings. The third-order valence-corrected chi connectivity index (χ3v) is 4.97. The van der Waals surface area contributed by atoms with Crippen molar-refractivity contribution in [3.63, 3.8) is 0 Å². The highest BCUT2D eigenvalue weighted by Crippen LogP contribution is 2.36. The maximum Gasteiger partial charge on any atom is 0.494 e. The molecule has 0 spiro atoms. The lowest BCUT2D eigenvalue weighted by Gasteiger charge is -2.32. The predicted octanol–water partition coefficient (Wildman–Crippen LogP) is 3.57. The first-order chi connectivity index (χ1) is 11.8. The Kier molecular flexibility index (Phi) is 4.80. The fraction of sp³-hybridized carbons (Fsp3) is 0.400. The van der Waals surface area contributed by atoms with E-state index in [2.05, 4.69) is 27.7 Å². The van der Waals surface area contributed by atoms with Crippen molar-refractivity contribution in [3.05, 3.63) is 54.1 Å². The van der Waals surface area contributed by atoms with Crippen molar-refractivity contribution in [1.29, 1.82) is 0 Å². The Labute approximate surface area is 150 Å². The van der Waals surface area contributed by atoms with Crippen LogP contribution < -0.4 is 14.9 Å². The highest BCUT2D eigenvalue weighted by Gasteiger charge is 2.51. The van der Waals surface area contributed by atoms with Crippen LogP contribution in [0.1, 0.15) is 33.3 Å². The maximum absolute atomic E-state index is 6.14. The van der Waals surface area contributed by atoms with Crippen LogP contribution in [0.2, 0.25) is 0 Å². The molecule has 0 radical (unpaired) electrons. The van der Waals surface area contributed by atoms with E-state index in [1.807, 2.05) is 48.5 Å². The minimum absolute atomic E-state index is 0.363. The topological polar surface area (TPSA) is 36.9 Å². The molecule has 1 heterocycles. The van der Waals surface area contributed by atoms with Crippen molar-refractivity contribution >= 4 is 12.6 Å². The third-order valence-electron chi connectivity index (χ3n) is 4.97. The van der Waals surface area contributed by atoms with E-state index in [0.717, 1.165) is 22.5 Å². The molecule has 0 aliphatic carbocycles. The SMILES string of the molecule is COc1ccc(B2OC(C)(C)C(C)(C)O2)cc1COc1ccccc1. The molecule has 1 fully saturated rings. The number of hydrogen-bond acceptors (Lipinski definition) is 4. The van der Waals surface area contributed by atoms with Crippen LogP contribution in [0.15, 0.2) is 48.5 Å². The predicted molar refractivity (Wildman–Crippen MR) is 99.5 cm³/mol. The van der Waals surface area contributed by atoms with E-state index in [1.165, 1.54) is 0 Å². The lowest BCUT2D eigenvalue weighted by molar-refractivity contribution is 0.00578. The second-order valence-corrected chi connectivity index (χ2v) is 7.26. The first kappa shape index (κ1) is 17.8. The molecular weight excluding hydrogens is 315 g/mol. The summed E-state index contributed by atoms with van der Waals surface area (Å²) >= 11 is 0. The molecule has 1 aliphatic heterocycles. The van der Waals surface area contributed by atoms with Gasteiger partial charge in [-0.15, -0.1) is 0 Å². The fourth-order valence-corrected chi connectivity index (χ4v) is 2.71. The summed E-state index contributed by atoms with van der Waals surface area (Å²) in [5.41, 5.74) is 1.20. The Morgan fingerprint density at radius 1 is 0.920 bits per heavy atom. The summed E-state index contributed by atoms with van der Waals surface area (Å²) in [5.74, 6) is 1.61. The highest BCUT2D eigenvalue weighted by atomic mass is 16.7. The van der Waals surface area contributed by atoms with E-state index >= 15 is 0 Å². The molecule has 0 N–H and O–H groups in total. The molecule has 2 aromatic carbocycles. The van der Waals surface area contributed by atoms with Crippen LogP contribution in [0.5, 0.6) is 11.5 Å². The van der Waals surface area contributed by atoms with E-state index in [4.69, 9.17) is 18.8 Å². The van der Waals surface area contributed by atoms with Crippen molar-refractivity contribution in [2.45, 2.75) is 45.5 Å². The minimum Gasteiger partial charge on any atom is -0.496 e. The van der Waals surface area contributed by atoms with Crippen LogP contribution in [-0.4, -0.2) is 25.4 Å². The summed E-state index contributed by atoms with van der Waals surface area (Å²) in [5, 5.41) is 0. The van der Waals surface area contributed by atoms with Crippen molar-refractivity contribution in [3.8, 4) is 11.5 Å². The van der Waals surface area contributed by atoms with Gasteiger partial charge in [0.15, 0.2) is 0 Å². The summed E-state index contributed by atoms with van der Waals surface area (Å²) < 4.78 is 23.6. The van der Waals surface area contributed by atoms with Gasteiger partial charge in [-0.05, 0) is 51.4 Å². The molecule has 0 unspecified atom stereocenters. The summed E-state index contributed by atoms with van der Waals surface area (Å²) in [7, 11) is 1.27. The number of benzene rings is 2. The maximum atomic E-state index is 6.14. The van der Waals surface area contributed by atoms with E-state index in [-0.39, 0.29) is 11.2 Å². The molecule has 3 rings (SSSR count). The number of hydrogen-bond donors (Lipinski definition) is 0. The molecular formula is C20H25BO4. The van der Waals surface area contributed by atoms with Crippen LogP contribution in [-0.2, 0) is 15.9 Å². The van der Waals surface area contributed by atoms with E-state index < -0.39 is 7.12 Å². The van der Waals surface area contributed by atoms with Gasteiger partial charge in [-0.25, -0.2) is 0 Å². The lowest BCUT2D eigenvalue weighted by atomic mass is 9.78. The molecule has 0 saturated carbocycles. The third kappa shape index (κ3) is 3.67. The largest absolute Gasteiger partial charge is 0.496 e. The standard InChI is InChI=1S/C20H25BO4/c1-19(2)20(3,4)25-21(24-19)16-11-12-18(22-5)15(13-16)14-23-17-9-7-6-8-10-17/h6-13H,14H2,1-5H3. The smallest absolute Gasteiger partial charge is 0.494 e. The van der Waals surface area contributed by atoms with Gasteiger partial charge in [0.2, 0.25) is 0 Å². The van der Waals surface area contributed by atoms with Gasteiger partial charge in [-0.3, -0.25) is 0 Å². The van der Waals surface area contributed by atoms with Crippen LogP contribution in [0.25, 0.3) is 0 Å². The van der Waals surface area contributed by atoms with Gasteiger partial charge in [-0.2, -0.15) is 0 Å². The summed E-state index contributed by atoms with van der Waals surface area (Å²) in [6.45, 7) is 8.62. The molecule has 1 saturated heterocycles. The van der Waals surface area contributed by atoms with Crippen LogP contribution in [0, 0.1) is 0 Å².